The van der Waals surface area contributed by atoms with E-state index in [2.05, 4.69) is 36.2 Å². The number of nitrogens with zero attached hydrogens (tertiary/aromatic N) is 3. The molecule has 2 aromatic heterocycles. The van der Waals surface area contributed by atoms with Crippen molar-refractivity contribution in [3.63, 3.8) is 0 Å². The van der Waals surface area contributed by atoms with Crippen LogP contribution in [0.15, 0.2) is 41.5 Å². The standard InChI is InChI=1S/C10H7BrN4O/c11-9-7(2-1-3-14-9)15-10(16)8-6-12-4-5-13-8/h1-6H,(H,15,16). The van der Waals surface area contributed by atoms with Gasteiger partial charge in [-0.05, 0) is 28.1 Å². The number of hydrogen-bond donors (Lipinski definition) is 1. The van der Waals surface area contributed by atoms with Gasteiger partial charge in [-0.25, -0.2) is 9.97 Å². The highest BCUT2D eigenvalue weighted by Gasteiger charge is 2.09. The van der Waals surface area contributed by atoms with E-state index in [1.54, 1.807) is 18.3 Å². The third-order valence-electron chi connectivity index (χ3n) is 1.80. The van der Waals surface area contributed by atoms with Gasteiger partial charge in [0.25, 0.3) is 5.91 Å². The molecule has 0 unspecified atom stereocenters. The maximum absolute atomic E-state index is 11.7. The maximum Gasteiger partial charge on any atom is 0.275 e. The summed E-state index contributed by atoms with van der Waals surface area (Å²) in [5.41, 5.74) is 0.858. The number of rotatable bonds is 2. The van der Waals surface area contributed by atoms with Crippen LogP contribution in [0.5, 0.6) is 0 Å². The molecule has 1 N–H and O–H groups in total. The van der Waals surface area contributed by atoms with Crippen LogP contribution in [0, 0.1) is 0 Å². The van der Waals surface area contributed by atoms with Crippen LogP contribution in [0.1, 0.15) is 10.5 Å². The molecule has 2 heterocycles. The second-order valence-corrected chi connectivity index (χ2v) is 3.64. The summed E-state index contributed by atoms with van der Waals surface area (Å²) >= 11 is 3.24. The Bertz CT molecular complexity index is 503. The number of halogens is 1. The molecule has 5 nitrogen and oxygen atoms in total. The summed E-state index contributed by atoms with van der Waals surface area (Å²) in [4.78, 5) is 23.4. The van der Waals surface area contributed by atoms with E-state index in [-0.39, 0.29) is 11.6 Å². The number of pyridine rings is 1. The van der Waals surface area contributed by atoms with Crippen molar-refractivity contribution in [2.24, 2.45) is 0 Å². The van der Waals surface area contributed by atoms with Crippen molar-refractivity contribution in [2.45, 2.75) is 0 Å². The molecule has 0 radical (unpaired) electrons. The fraction of sp³-hybridized carbons (Fsp3) is 0. The van der Waals surface area contributed by atoms with E-state index in [4.69, 9.17) is 0 Å². The molecule has 0 aliphatic carbocycles. The molecule has 0 atom stereocenters. The van der Waals surface area contributed by atoms with E-state index < -0.39 is 0 Å². The molecule has 0 bridgehead atoms. The Morgan fingerprint density at radius 3 is 2.81 bits per heavy atom. The van der Waals surface area contributed by atoms with Crippen molar-refractivity contribution < 1.29 is 4.79 Å². The molecule has 0 aromatic carbocycles. The summed E-state index contributed by atoms with van der Waals surface area (Å²) < 4.78 is 0.576. The topological polar surface area (TPSA) is 67.8 Å². The van der Waals surface area contributed by atoms with Gasteiger partial charge in [0.1, 0.15) is 10.3 Å². The van der Waals surface area contributed by atoms with Gasteiger partial charge in [0, 0.05) is 18.6 Å². The van der Waals surface area contributed by atoms with Crippen molar-refractivity contribution in [1.82, 2.24) is 15.0 Å². The number of carbonyl (C=O) groups is 1. The lowest BCUT2D eigenvalue weighted by Gasteiger charge is -2.04. The first-order valence-corrected chi connectivity index (χ1v) is 5.24. The molecule has 1 amide bonds. The molecule has 0 aliphatic rings. The molecule has 16 heavy (non-hydrogen) atoms. The zero-order valence-corrected chi connectivity index (χ0v) is 9.68. The molecule has 0 saturated carbocycles. The number of amides is 1. The first-order valence-electron chi connectivity index (χ1n) is 4.45. The highest BCUT2D eigenvalue weighted by Crippen LogP contribution is 2.18. The Labute approximate surface area is 100 Å². The summed E-state index contributed by atoms with van der Waals surface area (Å²) in [6.07, 6.45) is 6.01. The van der Waals surface area contributed by atoms with Gasteiger partial charge in [0.15, 0.2) is 0 Å². The smallest absolute Gasteiger partial charge is 0.275 e. The molecule has 6 heteroatoms. The van der Waals surface area contributed by atoms with Crippen LogP contribution >= 0.6 is 15.9 Å². The molecular formula is C10H7BrN4O. The monoisotopic (exact) mass is 278 g/mol. The summed E-state index contributed by atoms with van der Waals surface area (Å²) in [6.45, 7) is 0. The average Bonchev–Trinajstić information content (AvgIpc) is 2.33. The summed E-state index contributed by atoms with van der Waals surface area (Å²) in [5, 5.41) is 2.68. The van der Waals surface area contributed by atoms with Crippen LogP contribution in [-0.2, 0) is 0 Å². The number of nitrogens with one attached hydrogen (secondary N) is 1. The lowest BCUT2D eigenvalue weighted by Crippen LogP contribution is -2.14. The minimum atomic E-state index is -0.318. The van der Waals surface area contributed by atoms with Crippen molar-refractivity contribution in [3.05, 3.63) is 47.2 Å². The Morgan fingerprint density at radius 2 is 2.12 bits per heavy atom. The van der Waals surface area contributed by atoms with Crippen LogP contribution in [0.25, 0.3) is 0 Å². The average molecular weight is 279 g/mol. The first-order chi connectivity index (χ1) is 7.77. The maximum atomic E-state index is 11.7. The number of carbonyl (C=O) groups excluding carboxylic acids is 1. The largest absolute Gasteiger partial charge is 0.318 e. The molecular weight excluding hydrogens is 272 g/mol. The Kier molecular flexibility index (Phi) is 3.21. The second kappa shape index (κ2) is 4.80. The van der Waals surface area contributed by atoms with Gasteiger partial charge >= 0.3 is 0 Å². The van der Waals surface area contributed by atoms with Gasteiger partial charge in [-0.1, -0.05) is 0 Å². The highest BCUT2D eigenvalue weighted by molar-refractivity contribution is 9.10. The third-order valence-corrected chi connectivity index (χ3v) is 2.44. The minimum Gasteiger partial charge on any atom is -0.318 e. The van der Waals surface area contributed by atoms with Gasteiger partial charge in [-0.3, -0.25) is 9.78 Å². The zero-order valence-electron chi connectivity index (χ0n) is 8.09. The number of anilines is 1. The lowest BCUT2D eigenvalue weighted by molar-refractivity contribution is 0.102. The van der Waals surface area contributed by atoms with Gasteiger partial charge < -0.3 is 5.32 Å². The van der Waals surface area contributed by atoms with E-state index in [0.717, 1.165) is 0 Å². The van der Waals surface area contributed by atoms with Crippen molar-refractivity contribution >= 4 is 27.5 Å². The van der Waals surface area contributed by atoms with Gasteiger partial charge in [-0.15, -0.1) is 0 Å². The van der Waals surface area contributed by atoms with Crippen LogP contribution in [0.2, 0.25) is 0 Å². The van der Waals surface area contributed by atoms with Gasteiger partial charge in [0.05, 0.1) is 11.9 Å². The van der Waals surface area contributed by atoms with Crippen LogP contribution in [-0.4, -0.2) is 20.9 Å². The fourth-order valence-corrected chi connectivity index (χ4v) is 1.43. The highest BCUT2D eigenvalue weighted by atomic mass is 79.9. The van der Waals surface area contributed by atoms with Crippen LogP contribution in [0.4, 0.5) is 5.69 Å². The zero-order chi connectivity index (χ0) is 11.4. The third kappa shape index (κ3) is 2.40. The predicted octanol–water partition coefficient (Wildman–Crippen LogP) is 1.89. The molecule has 0 spiro atoms. The van der Waals surface area contributed by atoms with Gasteiger partial charge in [-0.2, -0.15) is 0 Å². The summed E-state index contributed by atoms with van der Waals surface area (Å²) in [6, 6.07) is 3.47. The Hall–Kier alpha value is -1.82. The number of aromatic nitrogens is 3. The second-order valence-electron chi connectivity index (χ2n) is 2.89. The van der Waals surface area contributed by atoms with E-state index in [0.29, 0.717) is 10.3 Å². The predicted molar refractivity (Wildman–Crippen MR) is 61.9 cm³/mol. The van der Waals surface area contributed by atoms with Crippen LogP contribution in [0.3, 0.4) is 0 Å². The molecule has 2 aromatic rings. The quantitative estimate of drug-likeness (QED) is 0.852. The molecule has 2 rings (SSSR count). The normalized spacial score (nSPS) is 9.81. The molecule has 0 fully saturated rings. The lowest BCUT2D eigenvalue weighted by atomic mass is 10.3. The first kappa shape index (κ1) is 10.7. The van der Waals surface area contributed by atoms with E-state index >= 15 is 0 Å². The molecule has 0 saturated heterocycles. The number of hydrogen-bond acceptors (Lipinski definition) is 4. The summed E-state index contributed by atoms with van der Waals surface area (Å²) in [7, 11) is 0. The Morgan fingerprint density at radius 1 is 1.25 bits per heavy atom. The van der Waals surface area contributed by atoms with Crippen LogP contribution < -0.4 is 5.32 Å². The van der Waals surface area contributed by atoms with Crippen molar-refractivity contribution in [2.75, 3.05) is 5.32 Å². The summed E-state index contributed by atoms with van der Waals surface area (Å²) in [5.74, 6) is -0.318. The molecule has 0 aliphatic heterocycles. The van der Waals surface area contributed by atoms with E-state index in [1.165, 1.54) is 18.6 Å². The van der Waals surface area contributed by atoms with Crippen molar-refractivity contribution in [3.8, 4) is 0 Å². The fourth-order valence-electron chi connectivity index (χ4n) is 1.08. The SMILES string of the molecule is O=C(Nc1cccnc1Br)c1cnccn1. The molecule has 80 valence electrons. The van der Waals surface area contributed by atoms with Crippen molar-refractivity contribution in [1.29, 1.82) is 0 Å². The Balaban J connectivity index is 2.18. The van der Waals surface area contributed by atoms with E-state index in [9.17, 15) is 4.79 Å². The minimum absolute atomic E-state index is 0.262. The van der Waals surface area contributed by atoms with Gasteiger partial charge in [0.2, 0.25) is 0 Å². The van der Waals surface area contributed by atoms with E-state index in [1.807, 2.05) is 0 Å².